The summed E-state index contributed by atoms with van der Waals surface area (Å²) in [4.78, 5) is 15.2. The molecule has 2 aromatic rings. The molecule has 1 aliphatic rings. The summed E-state index contributed by atoms with van der Waals surface area (Å²) in [6, 6.07) is 9.77. The zero-order valence-electron chi connectivity index (χ0n) is 15.7. The van der Waals surface area contributed by atoms with Crippen LogP contribution < -0.4 is 9.64 Å². The van der Waals surface area contributed by atoms with Crippen molar-refractivity contribution >= 4 is 33.0 Å². The lowest BCUT2D eigenvalue weighted by molar-refractivity contribution is 0.0975. The van der Waals surface area contributed by atoms with Crippen molar-refractivity contribution in [1.82, 2.24) is 0 Å². The number of anilines is 1. The molecule has 1 atom stereocenters. The maximum absolute atomic E-state index is 13.4. The average molecular weight is 408 g/mol. The van der Waals surface area contributed by atoms with Gasteiger partial charge in [0, 0.05) is 23.0 Å². The number of amides is 1. The fraction of sp³-hybridized carbons (Fsp3) is 0.350. The summed E-state index contributed by atoms with van der Waals surface area (Å²) in [5.41, 5.74) is 2.02. The third-order valence-corrected chi connectivity index (χ3v) is 5.79. The minimum absolute atomic E-state index is 0.0697. The van der Waals surface area contributed by atoms with Crippen LogP contribution in [-0.2, 0) is 16.3 Å². The van der Waals surface area contributed by atoms with Gasteiger partial charge in [0.05, 0.1) is 16.6 Å². The van der Waals surface area contributed by atoms with Crippen LogP contribution in [0.4, 0.5) is 5.69 Å². The summed E-state index contributed by atoms with van der Waals surface area (Å²) in [6.07, 6.45) is 1.66. The zero-order chi connectivity index (χ0) is 19.9. The van der Waals surface area contributed by atoms with Crippen LogP contribution in [-0.4, -0.2) is 32.7 Å². The molecule has 0 N–H and O–H groups in total. The molecule has 0 bridgehead atoms. The number of nitrogens with zero attached hydrogens (tertiary/aromatic N) is 1. The number of hydrogen-bond donors (Lipinski definition) is 0. The van der Waals surface area contributed by atoms with Crippen molar-refractivity contribution < 1.29 is 17.9 Å². The lowest BCUT2D eigenvalue weighted by atomic mass is 10.1. The third-order valence-electron chi connectivity index (χ3n) is 4.45. The zero-order valence-corrected chi connectivity index (χ0v) is 17.3. The van der Waals surface area contributed by atoms with Gasteiger partial charge in [-0.1, -0.05) is 11.6 Å². The minimum atomic E-state index is -3.45. The summed E-state index contributed by atoms with van der Waals surface area (Å²) < 4.78 is 29.7. The Morgan fingerprint density at radius 3 is 2.56 bits per heavy atom. The van der Waals surface area contributed by atoms with Crippen LogP contribution >= 0.6 is 11.6 Å². The largest absolute Gasteiger partial charge is 0.490 e. The second-order valence-electron chi connectivity index (χ2n) is 7.10. The molecule has 7 heteroatoms. The van der Waals surface area contributed by atoms with Crippen LogP contribution in [0.1, 0.15) is 36.7 Å². The number of hydrogen-bond acceptors (Lipinski definition) is 4. The molecule has 1 heterocycles. The lowest BCUT2D eigenvalue weighted by Crippen LogP contribution is -2.36. The maximum Gasteiger partial charge on any atom is 0.262 e. The first kappa shape index (κ1) is 19.7. The van der Waals surface area contributed by atoms with Gasteiger partial charge in [0.1, 0.15) is 5.75 Å². The highest BCUT2D eigenvalue weighted by molar-refractivity contribution is 7.90. The summed E-state index contributed by atoms with van der Waals surface area (Å²) >= 11 is 6.08. The number of fused-ring (bicyclic) bond motifs is 1. The Balaban J connectivity index is 2.10. The Hall–Kier alpha value is -2.05. The highest BCUT2D eigenvalue weighted by atomic mass is 35.5. The predicted octanol–water partition coefficient (Wildman–Crippen LogP) is 4.12. The molecular weight excluding hydrogens is 386 g/mol. The summed E-state index contributed by atoms with van der Waals surface area (Å²) in [5, 5.41) is 0.623. The molecule has 5 nitrogen and oxygen atoms in total. The summed E-state index contributed by atoms with van der Waals surface area (Å²) in [5.74, 6) is 0.0849. The van der Waals surface area contributed by atoms with Crippen LogP contribution in [0.2, 0.25) is 5.02 Å². The molecule has 1 aliphatic heterocycles. The van der Waals surface area contributed by atoms with Crippen molar-refractivity contribution in [2.75, 3.05) is 11.2 Å². The van der Waals surface area contributed by atoms with Crippen LogP contribution in [0.25, 0.3) is 0 Å². The number of rotatable bonds is 4. The van der Waals surface area contributed by atoms with Gasteiger partial charge < -0.3 is 9.64 Å². The van der Waals surface area contributed by atoms with E-state index < -0.39 is 9.84 Å². The first-order valence-corrected chi connectivity index (χ1v) is 11.0. The second-order valence-corrected chi connectivity index (χ2v) is 9.55. The molecule has 1 unspecified atom stereocenters. The molecular formula is C20H22ClNO4S. The quantitative estimate of drug-likeness (QED) is 0.764. The van der Waals surface area contributed by atoms with E-state index in [0.29, 0.717) is 17.2 Å². The van der Waals surface area contributed by atoms with E-state index in [1.54, 1.807) is 17.0 Å². The molecule has 1 amide bonds. The SMILES string of the molecule is CC(C)Oc1ccc(S(C)(=O)=O)cc1C(=O)N1c2ccc(Cl)cc2CC1C. The van der Waals surface area contributed by atoms with Crippen LogP contribution in [0, 0.1) is 0 Å². The molecule has 2 aromatic carbocycles. The second kappa shape index (κ2) is 7.17. The lowest BCUT2D eigenvalue weighted by Gasteiger charge is -2.24. The highest BCUT2D eigenvalue weighted by Gasteiger charge is 2.33. The number of sulfone groups is 1. The van der Waals surface area contributed by atoms with E-state index >= 15 is 0 Å². The highest BCUT2D eigenvalue weighted by Crippen LogP contribution is 2.36. The van der Waals surface area contributed by atoms with E-state index in [4.69, 9.17) is 16.3 Å². The molecule has 0 spiro atoms. The first-order chi connectivity index (χ1) is 12.6. The Morgan fingerprint density at radius 2 is 1.93 bits per heavy atom. The molecule has 0 saturated heterocycles. The van der Waals surface area contributed by atoms with E-state index in [9.17, 15) is 13.2 Å². The monoisotopic (exact) mass is 407 g/mol. The molecule has 3 rings (SSSR count). The van der Waals surface area contributed by atoms with Crippen molar-refractivity contribution in [2.24, 2.45) is 0 Å². The number of carbonyl (C=O) groups is 1. The van der Waals surface area contributed by atoms with Gasteiger partial charge >= 0.3 is 0 Å². The van der Waals surface area contributed by atoms with Gasteiger partial charge in [-0.25, -0.2) is 8.42 Å². The van der Waals surface area contributed by atoms with Gasteiger partial charge in [0.25, 0.3) is 5.91 Å². The topological polar surface area (TPSA) is 63.7 Å². The van der Waals surface area contributed by atoms with E-state index in [1.807, 2.05) is 32.9 Å². The fourth-order valence-electron chi connectivity index (χ4n) is 3.30. The Bertz CT molecular complexity index is 1000. The molecule has 0 saturated carbocycles. The van der Waals surface area contributed by atoms with Crippen LogP contribution in [0.3, 0.4) is 0 Å². The smallest absolute Gasteiger partial charge is 0.262 e. The maximum atomic E-state index is 13.4. The third kappa shape index (κ3) is 3.96. The molecule has 144 valence electrons. The fourth-order valence-corrected chi connectivity index (χ4v) is 4.14. The number of halogens is 1. The standard InChI is InChI=1S/C20H22ClNO4S/c1-12(2)26-19-8-6-16(27(4,24)25)11-17(19)20(23)22-13(3)9-14-10-15(21)5-7-18(14)22/h5-8,10-13H,9H2,1-4H3. The number of carbonyl (C=O) groups excluding carboxylic acids is 1. The van der Waals surface area contributed by atoms with E-state index in [-0.39, 0.29) is 28.5 Å². The van der Waals surface area contributed by atoms with Gasteiger partial charge in [0.15, 0.2) is 9.84 Å². The molecule has 0 aliphatic carbocycles. The minimum Gasteiger partial charge on any atom is -0.490 e. The van der Waals surface area contributed by atoms with E-state index in [1.165, 1.54) is 12.1 Å². The normalized spacial score (nSPS) is 16.5. The molecule has 27 heavy (non-hydrogen) atoms. The number of ether oxygens (including phenoxy) is 1. The van der Waals surface area contributed by atoms with E-state index in [0.717, 1.165) is 17.5 Å². The van der Waals surface area contributed by atoms with Gasteiger partial charge in [-0.05, 0) is 69.2 Å². The Kier molecular flexibility index (Phi) is 5.23. The van der Waals surface area contributed by atoms with Gasteiger partial charge in [0.2, 0.25) is 0 Å². The summed E-state index contributed by atoms with van der Waals surface area (Å²) in [6.45, 7) is 5.66. The van der Waals surface area contributed by atoms with Gasteiger partial charge in [-0.15, -0.1) is 0 Å². The van der Waals surface area contributed by atoms with Crippen molar-refractivity contribution in [3.8, 4) is 5.75 Å². The van der Waals surface area contributed by atoms with Gasteiger partial charge in [-0.3, -0.25) is 4.79 Å². The van der Waals surface area contributed by atoms with Crippen molar-refractivity contribution in [3.63, 3.8) is 0 Å². The van der Waals surface area contributed by atoms with Crippen molar-refractivity contribution in [3.05, 3.63) is 52.5 Å². The van der Waals surface area contributed by atoms with Crippen molar-refractivity contribution in [1.29, 1.82) is 0 Å². The molecule has 0 radical (unpaired) electrons. The van der Waals surface area contributed by atoms with Crippen LogP contribution in [0.5, 0.6) is 5.75 Å². The van der Waals surface area contributed by atoms with Crippen molar-refractivity contribution in [2.45, 2.75) is 44.2 Å². The molecule has 0 aromatic heterocycles. The van der Waals surface area contributed by atoms with Crippen LogP contribution in [0.15, 0.2) is 41.3 Å². The number of benzene rings is 2. The Morgan fingerprint density at radius 1 is 1.22 bits per heavy atom. The summed E-state index contributed by atoms with van der Waals surface area (Å²) in [7, 11) is -3.45. The predicted molar refractivity (Wildman–Crippen MR) is 107 cm³/mol. The first-order valence-electron chi connectivity index (χ1n) is 8.70. The Labute approximate surface area is 164 Å². The molecule has 0 fully saturated rings. The van der Waals surface area contributed by atoms with Gasteiger partial charge in [-0.2, -0.15) is 0 Å². The average Bonchev–Trinajstić information content (AvgIpc) is 2.87. The van der Waals surface area contributed by atoms with E-state index in [2.05, 4.69) is 0 Å².